The van der Waals surface area contributed by atoms with Crippen molar-refractivity contribution in [1.29, 1.82) is 0 Å². The SMILES string of the molecule is CC(C)(C)OC(=O)NNCc1coc2ccccc12. The molecule has 0 bridgehead atoms. The molecule has 0 aliphatic rings. The van der Waals surface area contributed by atoms with Crippen molar-refractivity contribution in [2.75, 3.05) is 0 Å². The van der Waals surface area contributed by atoms with Gasteiger partial charge in [0.2, 0.25) is 0 Å². The number of hydrogen-bond donors (Lipinski definition) is 2. The number of hydrogen-bond acceptors (Lipinski definition) is 4. The Balaban J connectivity index is 1.88. The van der Waals surface area contributed by atoms with Crippen molar-refractivity contribution in [3.8, 4) is 0 Å². The maximum Gasteiger partial charge on any atom is 0.422 e. The molecule has 0 spiro atoms. The summed E-state index contributed by atoms with van der Waals surface area (Å²) in [7, 11) is 0. The maximum atomic E-state index is 11.4. The average molecular weight is 262 g/mol. The van der Waals surface area contributed by atoms with Gasteiger partial charge >= 0.3 is 6.09 Å². The Morgan fingerprint density at radius 1 is 1.32 bits per heavy atom. The van der Waals surface area contributed by atoms with Crippen molar-refractivity contribution < 1.29 is 13.9 Å². The van der Waals surface area contributed by atoms with E-state index in [0.717, 1.165) is 16.5 Å². The number of rotatable bonds is 3. The van der Waals surface area contributed by atoms with E-state index in [1.165, 1.54) is 0 Å². The molecule has 1 amide bonds. The van der Waals surface area contributed by atoms with Crippen LogP contribution in [0.1, 0.15) is 26.3 Å². The van der Waals surface area contributed by atoms with Crippen LogP contribution in [-0.4, -0.2) is 11.7 Å². The van der Waals surface area contributed by atoms with Crippen molar-refractivity contribution in [2.45, 2.75) is 32.9 Å². The van der Waals surface area contributed by atoms with E-state index >= 15 is 0 Å². The third-order valence-electron chi connectivity index (χ3n) is 2.43. The number of fused-ring (bicyclic) bond motifs is 1. The predicted octanol–water partition coefficient (Wildman–Crippen LogP) is 2.96. The smallest absolute Gasteiger partial charge is 0.422 e. The van der Waals surface area contributed by atoms with Crippen molar-refractivity contribution in [3.05, 3.63) is 36.1 Å². The zero-order valence-corrected chi connectivity index (χ0v) is 11.3. The summed E-state index contributed by atoms with van der Waals surface area (Å²) in [6.45, 7) is 5.92. The Labute approximate surface area is 111 Å². The number of furan rings is 1. The van der Waals surface area contributed by atoms with Gasteiger partial charge < -0.3 is 9.15 Å². The first-order valence-corrected chi connectivity index (χ1v) is 6.13. The summed E-state index contributed by atoms with van der Waals surface area (Å²) >= 11 is 0. The average Bonchev–Trinajstić information content (AvgIpc) is 2.70. The van der Waals surface area contributed by atoms with Crippen molar-refractivity contribution in [2.24, 2.45) is 0 Å². The zero-order valence-electron chi connectivity index (χ0n) is 11.3. The summed E-state index contributed by atoms with van der Waals surface area (Å²) in [5.41, 5.74) is 6.61. The molecule has 5 nitrogen and oxygen atoms in total. The van der Waals surface area contributed by atoms with Crippen LogP contribution in [0.15, 0.2) is 34.9 Å². The molecule has 0 saturated carbocycles. The second-order valence-corrected chi connectivity index (χ2v) is 5.24. The molecular weight excluding hydrogens is 244 g/mol. The lowest BCUT2D eigenvalue weighted by Gasteiger charge is -2.19. The van der Waals surface area contributed by atoms with Gasteiger partial charge in [-0.1, -0.05) is 18.2 Å². The van der Waals surface area contributed by atoms with Crippen molar-refractivity contribution >= 4 is 17.1 Å². The Morgan fingerprint density at radius 2 is 2.05 bits per heavy atom. The Hall–Kier alpha value is -2.01. The van der Waals surface area contributed by atoms with Crippen LogP contribution in [0.25, 0.3) is 11.0 Å². The molecule has 0 radical (unpaired) electrons. The minimum absolute atomic E-state index is 0.469. The standard InChI is InChI=1S/C14H18N2O3/c1-14(2,3)19-13(17)16-15-8-10-9-18-12-7-5-4-6-11(10)12/h4-7,9,15H,8H2,1-3H3,(H,16,17). The second-order valence-electron chi connectivity index (χ2n) is 5.24. The summed E-state index contributed by atoms with van der Waals surface area (Å²) in [6, 6.07) is 7.74. The molecule has 0 unspecified atom stereocenters. The molecule has 1 aromatic heterocycles. The first kappa shape index (κ1) is 13.4. The number of carbonyl (C=O) groups excluding carboxylic acids is 1. The largest absolute Gasteiger partial charge is 0.464 e. The lowest BCUT2D eigenvalue weighted by molar-refractivity contribution is 0.0497. The van der Waals surface area contributed by atoms with Crippen molar-refractivity contribution in [3.63, 3.8) is 0 Å². The first-order valence-electron chi connectivity index (χ1n) is 6.13. The monoisotopic (exact) mass is 262 g/mol. The number of hydrazine groups is 1. The van der Waals surface area contributed by atoms with Crippen LogP contribution in [-0.2, 0) is 11.3 Å². The Kier molecular flexibility index (Phi) is 3.76. The van der Waals surface area contributed by atoms with Crippen LogP contribution in [0.5, 0.6) is 0 Å². The van der Waals surface area contributed by atoms with Gasteiger partial charge in [0.25, 0.3) is 0 Å². The third-order valence-corrected chi connectivity index (χ3v) is 2.43. The first-order chi connectivity index (χ1) is 8.96. The van der Waals surface area contributed by atoms with E-state index in [2.05, 4.69) is 10.9 Å². The van der Waals surface area contributed by atoms with Gasteiger partial charge in [-0.05, 0) is 26.8 Å². The zero-order chi connectivity index (χ0) is 13.9. The molecule has 0 aliphatic heterocycles. The fourth-order valence-corrected chi connectivity index (χ4v) is 1.68. The van der Waals surface area contributed by atoms with E-state index in [4.69, 9.17) is 9.15 Å². The van der Waals surface area contributed by atoms with E-state index in [1.807, 2.05) is 45.0 Å². The molecule has 0 saturated heterocycles. The molecule has 2 N–H and O–H groups in total. The predicted molar refractivity (Wildman–Crippen MR) is 72.4 cm³/mol. The summed E-state index contributed by atoms with van der Waals surface area (Å²) in [6.07, 6.45) is 1.18. The van der Waals surface area contributed by atoms with Crippen LogP contribution in [0.2, 0.25) is 0 Å². The molecule has 2 rings (SSSR count). The van der Waals surface area contributed by atoms with Crippen LogP contribution in [0.4, 0.5) is 4.79 Å². The highest BCUT2D eigenvalue weighted by Gasteiger charge is 2.15. The van der Waals surface area contributed by atoms with Gasteiger partial charge in [-0.2, -0.15) is 0 Å². The van der Waals surface area contributed by atoms with E-state index in [-0.39, 0.29) is 0 Å². The summed E-state index contributed by atoms with van der Waals surface area (Å²) < 4.78 is 10.5. The van der Waals surface area contributed by atoms with Crippen LogP contribution in [0, 0.1) is 0 Å². The molecule has 102 valence electrons. The molecule has 0 atom stereocenters. The lowest BCUT2D eigenvalue weighted by Crippen LogP contribution is -2.40. The Morgan fingerprint density at radius 3 is 2.79 bits per heavy atom. The molecule has 0 aliphatic carbocycles. The van der Waals surface area contributed by atoms with Gasteiger partial charge in [0.15, 0.2) is 0 Å². The normalized spacial score (nSPS) is 11.5. The number of nitrogens with one attached hydrogen (secondary N) is 2. The Bertz CT molecular complexity index is 569. The highest BCUT2D eigenvalue weighted by atomic mass is 16.6. The van der Waals surface area contributed by atoms with Gasteiger partial charge in [0.1, 0.15) is 11.2 Å². The summed E-state index contributed by atoms with van der Waals surface area (Å²) in [4.78, 5) is 11.4. The number of para-hydroxylation sites is 1. The quantitative estimate of drug-likeness (QED) is 0.835. The lowest BCUT2D eigenvalue weighted by atomic mass is 10.2. The van der Waals surface area contributed by atoms with Crippen molar-refractivity contribution in [1.82, 2.24) is 10.9 Å². The number of carbonyl (C=O) groups is 1. The molecule has 5 heteroatoms. The van der Waals surface area contributed by atoms with Gasteiger partial charge in [0.05, 0.1) is 6.26 Å². The van der Waals surface area contributed by atoms with E-state index < -0.39 is 11.7 Å². The second kappa shape index (κ2) is 5.32. The molecular formula is C14H18N2O3. The fourth-order valence-electron chi connectivity index (χ4n) is 1.68. The van der Waals surface area contributed by atoms with Gasteiger partial charge in [-0.15, -0.1) is 0 Å². The molecule has 2 aromatic rings. The van der Waals surface area contributed by atoms with Crippen LogP contribution in [0.3, 0.4) is 0 Å². The number of amides is 1. The van der Waals surface area contributed by atoms with Crippen LogP contribution >= 0.6 is 0 Å². The molecule has 0 fully saturated rings. The van der Waals surface area contributed by atoms with Crippen LogP contribution < -0.4 is 10.9 Å². The van der Waals surface area contributed by atoms with E-state index in [1.54, 1.807) is 6.26 Å². The van der Waals surface area contributed by atoms with Gasteiger partial charge in [-0.25, -0.2) is 10.2 Å². The maximum absolute atomic E-state index is 11.4. The number of ether oxygens (including phenoxy) is 1. The number of benzene rings is 1. The van der Waals surface area contributed by atoms with Gasteiger partial charge in [0, 0.05) is 17.5 Å². The third kappa shape index (κ3) is 3.72. The van der Waals surface area contributed by atoms with E-state index in [9.17, 15) is 4.79 Å². The topological polar surface area (TPSA) is 63.5 Å². The summed E-state index contributed by atoms with van der Waals surface area (Å²) in [5.74, 6) is 0. The highest BCUT2D eigenvalue weighted by molar-refractivity contribution is 5.80. The minimum atomic E-state index is -0.506. The highest BCUT2D eigenvalue weighted by Crippen LogP contribution is 2.20. The molecule has 1 heterocycles. The molecule has 1 aromatic carbocycles. The van der Waals surface area contributed by atoms with Gasteiger partial charge in [-0.3, -0.25) is 5.43 Å². The summed E-state index contributed by atoms with van der Waals surface area (Å²) in [5, 5.41) is 1.03. The van der Waals surface area contributed by atoms with E-state index in [0.29, 0.717) is 6.54 Å². The minimum Gasteiger partial charge on any atom is -0.464 e. The molecule has 19 heavy (non-hydrogen) atoms. The fraction of sp³-hybridized carbons (Fsp3) is 0.357.